The van der Waals surface area contributed by atoms with E-state index in [-0.39, 0.29) is 62.5 Å². The van der Waals surface area contributed by atoms with Gasteiger partial charge in [0.05, 0.1) is 5.69 Å². The van der Waals surface area contributed by atoms with Crippen LogP contribution in [0.15, 0.2) is 0 Å². The Morgan fingerprint density at radius 1 is 1.33 bits per heavy atom. The van der Waals surface area contributed by atoms with Crippen LogP contribution in [0.1, 0.15) is 32.2 Å². The number of nitrogens with one attached hydrogen (secondary N) is 1. The molecule has 0 radical (unpaired) electrons. The van der Waals surface area contributed by atoms with E-state index in [4.69, 9.17) is 0 Å². The first-order chi connectivity index (χ1) is 4.93. The van der Waals surface area contributed by atoms with Gasteiger partial charge in [-0.05, 0) is 6.92 Å². The number of H-pyrrole nitrogens is 1. The molecule has 62 valence electrons. The molecular weight excluding hydrogens is 179 g/mol. The van der Waals surface area contributed by atoms with Gasteiger partial charge in [-0.3, -0.25) is 5.10 Å². The van der Waals surface area contributed by atoms with Gasteiger partial charge in [0.15, 0.2) is 0 Å². The number of rotatable bonds is 0. The summed E-state index contributed by atoms with van der Waals surface area (Å²) in [6.07, 6.45) is 0. The smallest absolute Gasteiger partial charge is 0.870 e. The summed E-state index contributed by atoms with van der Waals surface area (Å²) in [4.78, 5) is 0. The first-order valence-corrected chi connectivity index (χ1v) is 3.65. The van der Waals surface area contributed by atoms with Gasteiger partial charge in [-0.15, -0.1) is 0 Å². The molecule has 1 aromatic heterocycles. The molecule has 1 aromatic rings. The predicted octanol–water partition coefficient (Wildman–Crippen LogP) is -1.91. The number of aromatic amines is 1. The van der Waals surface area contributed by atoms with Gasteiger partial charge in [-0.2, -0.15) is 5.10 Å². The summed E-state index contributed by atoms with van der Waals surface area (Å²) in [6.45, 7) is 7.67. The molecule has 0 aliphatic heterocycles. The summed E-state index contributed by atoms with van der Waals surface area (Å²) in [5.41, 5.74) is 1.09. The number of aryl methyl sites for hydroxylation is 1. The van der Waals surface area contributed by atoms with Crippen LogP contribution in [0.5, 0.6) is 5.75 Å². The van der Waals surface area contributed by atoms with E-state index in [1.807, 2.05) is 20.8 Å². The second-order valence-corrected chi connectivity index (χ2v) is 3.78. The van der Waals surface area contributed by atoms with Gasteiger partial charge in [0.1, 0.15) is 0 Å². The van der Waals surface area contributed by atoms with Crippen molar-refractivity contribution in [1.29, 1.82) is 0 Å². The molecule has 1 heterocycles. The number of hydrogen-bond acceptors (Lipinski definition) is 2. The summed E-state index contributed by atoms with van der Waals surface area (Å²) in [7, 11) is 0. The summed E-state index contributed by atoms with van der Waals surface area (Å²) in [5, 5.41) is 18.0. The van der Waals surface area contributed by atoms with E-state index in [0.717, 1.165) is 0 Å². The summed E-state index contributed by atoms with van der Waals surface area (Å²) >= 11 is 0. The van der Waals surface area contributed by atoms with E-state index in [1.165, 1.54) is 0 Å². The fourth-order valence-electron chi connectivity index (χ4n) is 0.927. The van der Waals surface area contributed by atoms with Gasteiger partial charge < -0.3 is 5.11 Å². The van der Waals surface area contributed by atoms with Crippen molar-refractivity contribution >= 4 is 0 Å². The van der Waals surface area contributed by atoms with Crippen molar-refractivity contribution in [3.8, 4) is 5.75 Å². The molecule has 0 amide bonds. The van der Waals surface area contributed by atoms with E-state index in [9.17, 15) is 5.11 Å². The van der Waals surface area contributed by atoms with Crippen LogP contribution < -0.4 is 56.5 Å². The number of nitrogens with zero attached hydrogens (tertiary/aromatic N) is 1. The van der Waals surface area contributed by atoms with E-state index in [1.54, 1.807) is 6.92 Å². The van der Waals surface area contributed by atoms with E-state index in [0.29, 0.717) is 11.4 Å². The van der Waals surface area contributed by atoms with E-state index in [2.05, 4.69) is 10.2 Å². The van der Waals surface area contributed by atoms with Gasteiger partial charge in [-0.25, -0.2) is 0 Å². The topological polar surface area (TPSA) is 51.7 Å². The van der Waals surface area contributed by atoms with Gasteiger partial charge in [0.2, 0.25) is 0 Å². The average molecular weight is 192 g/mol. The minimum Gasteiger partial charge on any atom is -0.870 e. The molecule has 0 saturated heterocycles. The zero-order chi connectivity index (χ0) is 8.65. The van der Waals surface area contributed by atoms with Crippen molar-refractivity contribution in [2.75, 3.05) is 0 Å². The molecule has 0 aliphatic carbocycles. The quantitative estimate of drug-likeness (QED) is 0.488. The SMILES string of the molecule is Cc1[nH]nc(C(C)(C)C)c1[O-].[K+]. The van der Waals surface area contributed by atoms with E-state index < -0.39 is 0 Å². The zero-order valence-electron chi connectivity index (χ0n) is 8.36. The largest absolute Gasteiger partial charge is 1.00 e. The maximum absolute atomic E-state index is 11.3. The second kappa shape index (κ2) is 4.24. The van der Waals surface area contributed by atoms with Crippen LogP contribution in [0.3, 0.4) is 0 Å². The third-order valence-electron chi connectivity index (χ3n) is 1.60. The van der Waals surface area contributed by atoms with Crippen molar-refractivity contribution in [1.82, 2.24) is 10.2 Å². The molecule has 0 spiro atoms. The minimum absolute atomic E-state index is 0. The van der Waals surface area contributed by atoms with Gasteiger partial charge in [0.25, 0.3) is 0 Å². The third kappa shape index (κ3) is 2.57. The molecule has 3 nitrogen and oxygen atoms in total. The Bertz CT molecular complexity index is 263. The van der Waals surface area contributed by atoms with Crippen molar-refractivity contribution in [2.24, 2.45) is 0 Å². The minimum atomic E-state index is -0.151. The fraction of sp³-hybridized carbons (Fsp3) is 0.625. The Balaban J connectivity index is 0.00000121. The monoisotopic (exact) mass is 192 g/mol. The van der Waals surface area contributed by atoms with Crippen molar-refractivity contribution in [2.45, 2.75) is 33.1 Å². The zero-order valence-corrected chi connectivity index (χ0v) is 11.5. The van der Waals surface area contributed by atoms with Crippen LogP contribution in [-0.4, -0.2) is 10.2 Å². The van der Waals surface area contributed by atoms with Gasteiger partial charge >= 0.3 is 51.4 Å². The summed E-state index contributed by atoms with van der Waals surface area (Å²) in [5.74, 6) is 0.0394. The van der Waals surface area contributed by atoms with Crippen molar-refractivity contribution < 1.29 is 56.5 Å². The molecule has 0 bridgehead atoms. The number of aromatic nitrogens is 2. The summed E-state index contributed by atoms with van der Waals surface area (Å²) in [6, 6.07) is 0. The third-order valence-corrected chi connectivity index (χ3v) is 1.60. The normalized spacial score (nSPS) is 11.0. The standard InChI is InChI=1S/C8H14N2O.K/c1-5-6(11)7(10-9-5)8(2,3)4;/h11H,1-4H3,(H,9,10);/q;+1/p-1. The Labute approximate surface area is 115 Å². The Kier molecular flexibility index (Phi) is 4.47. The molecule has 0 aromatic carbocycles. The molecule has 0 atom stereocenters. The van der Waals surface area contributed by atoms with Crippen LogP contribution in [0.2, 0.25) is 0 Å². The fourth-order valence-corrected chi connectivity index (χ4v) is 0.927. The van der Waals surface area contributed by atoms with Gasteiger partial charge in [0, 0.05) is 11.1 Å². The molecule has 0 saturated carbocycles. The maximum Gasteiger partial charge on any atom is 1.00 e. The number of hydrogen-bond donors (Lipinski definition) is 1. The van der Waals surface area contributed by atoms with E-state index >= 15 is 0 Å². The first kappa shape index (κ1) is 12.6. The van der Waals surface area contributed by atoms with Crippen LogP contribution in [0.4, 0.5) is 0 Å². The molecule has 12 heavy (non-hydrogen) atoms. The van der Waals surface area contributed by atoms with Gasteiger partial charge in [-0.1, -0.05) is 26.5 Å². The molecule has 0 unspecified atom stereocenters. The molecule has 1 N–H and O–H groups in total. The van der Waals surface area contributed by atoms with Crippen LogP contribution in [-0.2, 0) is 5.41 Å². The Morgan fingerprint density at radius 3 is 2.00 bits per heavy atom. The maximum atomic E-state index is 11.3. The van der Waals surface area contributed by atoms with Crippen molar-refractivity contribution in [3.63, 3.8) is 0 Å². The van der Waals surface area contributed by atoms with Crippen molar-refractivity contribution in [3.05, 3.63) is 11.4 Å². The molecule has 4 heteroatoms. The second-order valence-electron chi connectivity index (χ2n) is 3.78. The Hall–Kier alpha value is 0.646. The van der Waals surface area contributed by atoms with Crippen LogP contribution in [0.25, 0.3) is 0 Å². The molecule has 0 fully saturated rings. The molecular formula is C8H13KN2O. The molecule has 1 rings (SSSR count). The Morgan fingerprint density at radius 2 is 1.83 bits per heavy atom. The predicted molar refractivity (Wildman–Crippen MR) is 41.5 cm³/mol. The van der Waals surface area contributed by atoms with Crippen LogP contribution >= 0.6 is 0 Å². The average Bonchev–Trinajstić information content (AvgIpc) is 2.11. The van der Waals surface area contributed by atoms with Crippen LogP contribution in [0, 0.1) is 6.92 Å². The summed E-state index contributed by atoms with van der Waals surface area (Å²) < 4.78 is 0. The first-order valence-electron chi connectivity index (χ1n) is 3.65. The molecule has 0 aliphatic rings.